The maximum absolute atomic E-state index is 12.7. The Morgan fingerprint density at radius 3 is 2.58 bits per heavy atom. The van der Waals surface area contributed by atoms with Gasteiger partial charge in [-0.05, 0) is 60.0 Å². The van der Waals surface area contributed by atoms with Gasteiger partial charge in [0.1, 0.15) is 18.1 Å². The molecule has 0 fully saturated rings. The van der Waals surface area contributed by atoms with E-state index in [-0.39, 0.29) is 12.6 Å². The molecule has 4 rings (SSSR count). The smallest absolute Gasteiger partial charge is 0.255 e. The van der Waals surface area contributed by atoms with E-state index in [1.807, 2.05) is 42.5 Å². The van der Waals surface area contributed by atoms with Gasteiger partial charge in [0.25, 0.3) is 5.91 Å². The first-order valence-electron chi connectivity index (χ1n) is 10.6. The third-order valence-corrected chi connectivity index (χ3v) is 5.21. The van der Waals surface area contributed by atoms with E-state index < -0.39 is 0 Å². The molecule has 0 aliphatic rings. The van der Waals surface area contributed by atoms with E-state index in [1.54, 1.807) is 35.3 Å². The third kappa shape index (κ3) is 6.37. The molecule has 0 bridgehead atoms. The number of rotatable bonds is 9. The van der Waals surface area contributed by atoms with Crippen molar-refractivity contribution in [2.75, 3.05) is 5.32 Å². The highest BCUT2D eigenvalue weighted by Crippen LogP contribution is 2.18. The first kappa shape index (κ1) is 22.4. The average molecular weight is 462 g/mol. The van der Waals surface area contributed by atoms with Crippen molar-refractivity contribution in [2.24, 2.45) is 0 Å². The van der Waals surface area contributed by atoms with Crippen LogP contribution in [-0.2, 0) is 19.8 Å². The van der Waals surface area contributed by atoms with E-state index >= 15 is 0 Å². The van der Waals surface area contributed by atoms with Crippen molar-refractivity contribution in [1.82, 2.24) is 9.78 Å². The second kappa shape index (κ2) is 10.7. The average Bonchev–Trinajstić information content (AvgIpc) is 3.29. The number of aryl methyl sites for hydroxylation is 1. The van der Waals surface area contributed by atoms with Crippen LogP contribution in [0.15, 0.2) is 85.2 Å². The highest BCUT2D eigenvalue weighted by molar-refractivity contribution is 6.30. The van der Waals surface area contributed by atoms with Crippen LogP contribution >= 0.6 is 11.6 Å². The van der Waals surface area contributed by atoms with Crippen LogP contribution in [-0.4, -0.2) is 15.7 Å². The highest BCUT2D eigenvalue weighted by atomic mass is 35.5. The van der Waals surface area contributed by atoms with E-state index in [0.29, 0.717) is 28.6 Å². The number of nitrogens with one attached hydrogen (secondary N) is 1. The number of nitrogens with zero attached hydrogens (tertiary/aromatic N) is 2. The summed E-state index contributed by atoms with van der Waals surface area (Å²) in [6.45, 7) is 2.69. The van der Waals surface area contributed by atoms with Crippen molar-refractivity contribution >= 4 is 23.2 Å². The van der Waals surface area contributed by atoms with Crippen molar-refractivity contribution < 1.29 is 14.3 Å². The molecule has 0 aliphatic carbocycles. The Balaban J connectivity index is 1.32. The molecule has 0 aliphatic heterocycles. The summed E-state index contributed by atoms with van der Waals surface area (Å²) in [5.74, 6) is 1.22. The van der Waals surface area contributed by atoms with Gasteiger partial charge in [-0.15, -0.1) is 0 Å². The molecule has 0 spiro atoms. The lowest BCUT2D eigenvalue weighted by Crippen LogP contribution is -2.12. The molecule has 1 heterocycles. The summed E-state index contributed by atoms with van der Waals surface area (Å²) in [5.41, 5.74) is 3.29. The van der Waals surface area contributed by atoms with E-state index in [4.69, 9.17) is 21.1 Å². The number of ether oxygens (including phenoxy) is 2. The molecule has 0 radical (unpaired) electrons. The minimum Gasteiger partial charge on any atom is -0.489 e. The normalized spacial score (nSPS) is 10.6. The fourth-order valence-corrected chi connectivity index (χ4v) is 3.37. The second-order valence-corrected chi connectivity index (χ2v) is 7.88. The summed E-state index contributed by atoms with van der Waals surface area (Å²) >= 11 is 5.96. The van der Waals surface area contributed by atoms with E-state index in [9.17, 15) is 4.79 Å². The Labute approximate surface area is 197 Å². The predicted octanol–water partition coefficient (Wildman–Crippen LogP) is 5.97. The van der Waals surface area contributed by atoms with Crippen LogP contribution in [0.5, 0.6) is 11.5 Å². The summed E-state index contributed by atoms with van der Waals surface area (Å²) < 4.78 is 13.1. The highest BCUT2D eigenvalue weighted by Gasteiger charge is 2.09. The molecule has 168 valence electrons. The molecule has 1 amide bonds. The zero-order chi connectivity index (χ0) is 23.0. The summed E-state index contributed by atoms with van der Waals surface area (Å²) in [4.78, 5) is 12.7. The number of halogens is 1. The van der Waals surface area contributed by atoms with Crippen LogP contribution in [0.4, 0.5) is 5.69 Å². The van der Waals surface area contributed by atoms with Gasteiger partial charge in [0, 0.05) is 10.6 Å². The predicted molar refractivity (Wildman–Crippen MR) is 129 cm³/mol. The van der Waals surface area contributed by atoms with Crippen molar-refractivity contribution in [3.05, 3.63) is 107 Å². The lowest BCUT2D eigenvalue weighted by Gasteiger charge is -2.09. The number of amides is 1. The Kier molecular flexibility index (Phi) is 7.27. The monoisotopic (exact) mass is 461 g/mol. The molecule has 33 heavy (non-hydrogen) atoms. The summed E-state index contributed by atoms with van der Waals surface area (Å²) in [6, 6.07) is 22.5. The Morgan fingerprint density at radius 2 is 1.79 bits per heavy atom. The SMILES string of the molecule is CCc1ccc(OCc2cccc(C(=O)Nc3cnn(COc4cccc(Cl)c4)c3)c2)cc1. The zero-order valence-corrected chi connectivity index (χ0v) is 19.0. The van der Waals surface area contributed by atoms with Crippen LogP contribution in [0.1, 0.15) is 28.4 Å². The largest absolute Gasteiger partial charge is 0.489 e. The minimum atomic E-state index is -0.223. The Morgan fingerprint density at radius 1 is 0.970 bits per heavy atom. The fraction of sp³-hybridized carbons (Fsp3) is 0.154. The molecule has 0 atom stereocenters. The van der Waals surface area contributed by atoms with Crippen LogP contribution in [0, 0.1) is 0 Å². The molecule has 1 N–H and O–H groups in total. The lowest BCUT2D eigenvalue weighted by atomic mass is 10.1. The van der Waals surface area contributed by atoms with E-state index in [2.05, 4.69) is 29.5 Å². The lowest BCUT2D eigenvalue weighted by molar-refractivity contribution is 0.102. The fourth-order valence-electron chi connectivity index (χ4n) is 3.19. The maximum Gasteiger partial charge on any atom is 0.255 e. The van der Waals surface area contributed by atoms with Crippen molar-refractivity contribution in [3.8, 4) is 11.5 Å². The first-order chi connectivity index (χ1) is 16.1. The number of carbonyl (C=O) groups is 1. The van der Waals surface area contributed by atoms with Gasteiger partial charge in [-0.25, -0.2) is 4.68 Å². The molecule has 6 nitrogen and oxygen atoms in total. The molecule has 3 aromatic carbocycles. The zero-order valence-electron chi connectivity index (χ0n) is 18.2. The number of hydrogen-bond donors (Lipinski definition) is 1. The molecule has 0 unspecified atom stereocenters. The summed E-state index contributed by atoms with van der Waals surface area (Å²) in [7, 11) is 0. The minimum absolute atomic E-state index is 0.197. The van der Waals surface area contributed by atoms with Gasteiger partial charge >= 0.3 is 0 Å². The molecular weight excluding hydrogens is 438 g/mol. The van der Waals surface area contributed by atoms with Gasteiger partial charge in [-0.1, -0.05) is 48.9 Å². The van der Waals surface area contributed by atoms with Gasteiger partial charge in [-0.3, -0.25) is 4.79 Å². The van der Waals surface area contributed by atoms with Gasteiger partial charge in [0.2, 0.25) is 0 Å². The van der Waals surface area contributed by atoms with Crippen LogP contribution in [0.2, 0.25) is 5.02 Å². The second-order valence-electron chi connectivity index (χ2n) is 7.44. The van der Waals surface area contributed by atoms with E-state index in [0.717, 1.165) is 17.7 Å². The standard InChI is InChI=1S/C26H24ClN3O3/c1-2-19-9-11-24(12-10-19)32-17-20-5-3-6-21(13-20)26(31)29-23-15-28-30(16-23)18-33-25-8-4-7-22(27)14-25/h3-16H,2,17-18H2,1H3,(H,29,31). The quantitative estimate of drug-likeness (QED) is 0.333. The van der Waals surface area contributed by atoms with Gasteiger partial charge in [-0.2, -0.15) is 5.10 Å². The van der Waals surface area contributed by atoms with Crippen LogP contribution in [0.25, 0.3) is 0 Å². The summed E-state index contributed by atoms with van der Waals surface area (Å²) in [6.07, 6.45) is 4.27. The number of carbonyl (C=O) groups excluding carboxylic acids is 1. The van der Waals surface area contributed by atoms with Crippen LogP contribution in [0.3, 0.4) is 0 Å². The molecule has 0 saturated heterocycles. The van der Waals surface area contributed by atoms with Crippen molar-refractivity contribution in [2.45, 2.75) is 26.7 Å². The molecular formula is C26H24ClN3O3. The Bertz CT molecular complexity index is 1220. The van der Waals surface area contributed by atoms with Gasteiger partial charge in [0.05, 0.1) is 18.1 Å². The molecule has 1 aromatic heterocycles. The first-order valence-corrected chi connectivity index (χ1v) is 11.0. The third-order valence-electron chi connectivity index (χ3n) is 4.98. The number of hydrogen-bond acceptors (Lipinski definition) is 4. The van der Waals surface area contributed by atoms with Gasteiger partial charge in [0.15, 0.2) is 6.73 Å². The number of aromatic nitrogens is 2. The van der Waals surface area contributed by atoms with Crippen LogP contribution < -0.4 is 14.8 Å². The van der Waals surface area contributed by atoms with Crippen molar-refractivity contribution in [3.63, 3.8) is 0 Å². The Hall–Kier alpha value is -3.77. The molecule has 0 saturated carbocycles. The van der Waals surface area contributed by atoms with Crippen molar-refractivity contribution in [1.29, 1.82) is 0 Å². The van der Waals surface area contributed by atoms with E-state index in [1.165, 1.54) is 5.56 Å². The molecule has 7 heteroatoms. The topological polar surface area (TPSA) is 65.4 Å². The molecule has 4 aromatic rings. The maximum atomic E-state index is 12.7. The number of anilines is 1. The van der Waals surface area contributed by atoms with Gasteiger partial charge < -0.3 is 14.8 Å². The number of benzene rings is 3. The summed E-state index contributed by atoms with van der Waals surface area (Å²) in [5, 5.41) is 7.68.